The molecule has 0 radical (unpaired) electrons. The summed E-state index contributed by atoms with van der Waals surface area (Å²) >= 11 is 0. The van der Waals surface area contributed by atoms with Crippen molar-refractivity contribution in [2.24, 2.45) is 40.9 Å². The van der Waals surface area contributed by atoms with Crippen LogP contribution in [0.3, 0.4) is 0 Å². The highest BCUT2D eigenvalue weighted by molar-refractivity contribution is 5.98. The number of rotatable bonds is 16. The summed E-state index contributed by atoms with van der Waals surface area (Å²) in [7, 11) is 0. The second kappa shape index (κ2) is 15.2. The summed E-state index contributed by atoms with van der Waals surface area (Å²) in [5.41, 5.74) is -1.66. The number of aromatic nitrogens is 2. The number of likely N-dealkylation sites (tertiary alicyclic amines) is 1. The maximum Gasteiger partial charge on any atom is 0.246 e. The number of carbonyl (C=O) groups is 5. The van der Waals surface area contributed by atoms with Gasteiger partial charge in [-0.1, -0.05) is 48.0 Å². The smallest absolute Gasteiger partial charge is 0.246 e. The molecule has 266 valence electrons. The molecule has 0 bridgehead atoms. The Morgan fingerprint density at radius 2 is 1.77 bits per heavy atom. The quantitative estimate of drug-likeness (QED) is 0.221. The van der Waals surface area contributed by atoms with Gasteiger partial charge in [-0.25, -0.2) is 4.98 Å². The van der Waals surface area contributed by atoms with Crippen LogP contribution in [0.5, 0.6) is 0 Å². The van der Waals surface area contributed by atoms with Gasteiger partial charge in [0.2, 0.25) is 11.8 Å². The second-order valence-corrected chi connectivity index (χ2v) is 16.3. The van der Waals surface area contributed by atoms with Crippen LogP contribution >= 0.6 is 0 Å². The zero-order chi connectivity index (χ0) is 35.6. The number of fused-ring (bicyclic) bond motifs is 1. The molecule has 0 aromatic carbocycles. The number of Topliss-reactive ketones (excluding diaryl/α,β-unsaturated/α-hetero) is 3. The van der Waals surface area contributed by atoms with Crippen LogP contribution in [0.4, 0.5) is 0 Å². The van der Waals surface area contributed by atoms with Gasteiger partial charge in [0.05, 0.1) is 17.8 Å². The monoisotopic (exact) mass is 668 g/mol. The van der Waals surface area contributed by atoms with E-state index in [-0.39, 0.29) is 60.2 Å². The Kier molecular flexibility index (Phi) is 12.0. The Labute approximate surface area is 285 Å². The first-order valence-electron chi connectivity index (χ1n) is 17.8. The molecular formula is C37H56N4O7. The van der Waals surface area contributed by atoms with E-state index in [1.165, 1.54) is 23.5 Å². The van der Waals surface area contributed by atoms with E-state index in [2.05, 4.69) is 15.3 Å². The van der Waals surface area contributed by atoms with Gasteiger partial charge in [-0.2, -0.15) is 0 Å². The third kappa shape index (κ3) is 8.75. The van der Waals surface area contributed by atoms with Gasteiger partial charge >= 0.3 is 0 Å². The van der Waals surface area contributed by atoms with Gasteiger partial charge in [0, 0.05) is 50.0 Å². The minimum Gasteiger partial charge on any atom is -0.390 e. The van der Waals surface area contributed by atoms with Gasteiger partial charge in [0.15, 0.2) is 17.3 Å². The highest BCUT2D eigenvalue weighted by Gasteiger charge is 2.58. The predicted octanol–water partition coefficient (Wildman–Crippen LogP) is 3.95. The van der Waals surface area contributed by atoms with Crippen molar-refractivity contribution in [1.82, 2.24) is 20.2 Å². The maximum atomic E-state index is 14.6. The number of aliphatic hydroxyl groups excluding tert-OH is 1. The molecule has 1 aliphatic heterocycles. The van der Waals surface area contributed by atoms with Crippen molar-refractivity contribution in [3.8, 4) is 0 Å². The van der Waals surface area contributed by atoms with Gasteiger partial charge < -0.3 is 20.4 Å². The summed E-state index contributed by atoms with van der Waals surface area (Å²) in [5.74, 6) is -3.42. The van der Waals surface area contributed by atoms with Gasteiger partial charge in [0.25, 0.3) is 0 Å². The Morgan fingerprint density at radius 1 is 1.08 bits per heavy atom. The number of ketones is 3. The number of hydrogen-bond acceptors (Lipinski definition) is 9. The molecule has 8 atom stereocenters. The molecule has 48 heavy (non-hydrogen) atoms. The van der Waals surface area contributed by atoms with Crippen molar-refractivity contribution >= 4 is 29.2 Å². The van der Waals surface area contributed by atoms with Crippen LogP contribution in [0.1, 0.15) is 117 Å². The summed E-state index contributed by atoms with van der Waals surface area (Å²) in [6.45, 7) is 13.1. The van der Waals surface area contributed by atoms with Gasteiger partial charge in [-0.05, 0) is 68.1 Å². The summed E-state index contributed by atoms with van der Waals surface area (Å²) in [6, 6.07) is -1.86. The molecule has 2 amide bonds. The van der Waals surface area contributed by atoms with Gasteiger partial charge in [-0.15, -0.1) is 0 Å². The Bertz CT molecular complexity index is 1340. The molecule has 0 spiro atoms. The van der Waals surface area contributed by atoms with Crippen LogP contribution in [-0.2, 0) is 19.2 Å². The molecule has 2 heterocycles. The van der Waals surface area contributed by atoms with Crippen molar-refractivity contribution < 1.29 is 34.2 Å². The van der Waals surface area contributed by atoms with Crippen molar-refractivity contribution in [2.75, 3.05) is 6.54 Å². The first-order valence-corrected chi connectivity index (χ1v) is 17.8. The SMILES string of the molecule is CCCC(CC(=O)C1[C@H]2CC[C@@](C)(O)C2CN1C(=O)[C@@H](NC(=O)[C@H](CC(=O)c1cnccn1)C(C)C)C(C)(C)C)C(O)C(=O)CC1CC1. The number of nitrogens with one attached hydrogen (secondary N) is 1. The van der Waals surface area contributed by atoms with Crippen LogP contribution in [0, 0.1) is 40.9 Å². The lowest BCUT2D eigenvalue weighted by atomic mass is 9.81. The normalized spacial score (nSPS) is 26.5. The van der Waals surface area contributed by atoms with E-state index < -0.39 is 52.9 Å². The number of hydrogen-bond donors (Lipinski definition) is 3. The molecule has 11 heteroatoms. The van der Waals surface area contributed by atoms with E-state index in [9.17, 15) is 34.2 Å². The van der Waals surface area contributed by atoms with Crippen LogP contribution in [0.15, 0.2) is 18.6 Å². The fourth-order valence-electron chi connectivity index (χ4n) is 7.77. The first kappa shape index (κ1) is 37.8. The molecule has 3 fully saturated rings. The van der Waals surface area contributed by atoms with E-state index in [4.69, 9.17) is 0 Å². The van der Waals surface area contributed by atoms with Crippen LogP contribution < -0.4 is 5.32 Å². The molecule has 1 aromatic rings. The van der Waals surface area contributed by atoms with Gasteiger partial charge in [-0.3, -0.25) is 29.0 Å². The lowest BCUT2D eigenvalue weighted by Gasteiger charge is -2.37. The minimum absolute atomic E-state index is 0.0440. The number of amides is 2. The molecule has 2 aliphatic carbocycles. The second-order valence-electron chi connectivity index (χ2n) is 16.3. The number of carbonyl (C=O) groups excluding carboxylic acids is 5. The molecule has 4 unspecified atom stereocenters. The third-order valence-electron chi connectivity index (χ3n) is 10.9. The highest BCUT2D eigenvalue weighted by Crippen LogP contribution is 2.49. The molecule has 4 rings (SSSR count). The summed E-state index contributed by atoms with van der Waals surface area (Å²) in [6.07, 6.45) is 7.42. The zero-order valence-corrected chi connectivity index (χ0v) is 29.8. The Morgan fingerprint density at radius 3 is 2.33 bits per heavy atom. The zero-order valence-electron chi connectivity index (χ0n) is 29.8. The van der Waals surface area contributed by atoms with E-state index in [1.54, 1.807) is 6.92 Å². The van der Waals surface area contributed by atoms with Crippen LogP contribution in [0.25, 0.3) is 0 Å². The molecule has 3 N–H and O–H groups in total. The average molecular weight is 669 g/mol. The molecule has 2 saturated carbocycles. The Balaban J connectivity index is 1.58. The van der Waals surface area contributed by atoms with Crippen molar-refractivity contribution in [1.29, 1.82) is 0 Å². The molecule has 1 saturated heterocycles. The molecular weight excluding hydrogens is 612 g/mol. The summed E-state index contributed by atoms with van der Waals surface area (Å²) in [5, 5.41) is 25.3. The Hall–Kier alpha value is -3.05. The van der Waals surface area contributed by atoms with Crippen molar-refractivity contribution in [3.05, 3.63) is 24.3 Å². The fraction of sp³-hybridized carbons (Fsp3) is 0.757. The van der Waals surface area contributed by atoms with Crippen LogP contribution in [0.2, 0.25) is 0 Å². The van der Waals surface area contributed by atoms with E-state index in [0.29, 0.717) is 38.0 Å². The fourth-order valence-corrected chi connectivity index (χ4v) is 7.77. The van der Waals surface area contributed by atoms with Crippen molar-refractivity contribution in [2.45, 2.75) is 130 Å². The molecule has 11 nitrogen and oxygen atoms in total. The lowest BCUT2D eigenvalue weighted by molar-refractivity contribution is -0.145. The third-order valence-corrected chi connectivity index (χ3v) is 10.9. The first-order chi connectivity index (χ1) is 22.5. The average Bonchev–Trinajstić information content (AvgIpc) is 3.67. The topological polar surface area (TPSA) is 167 Å². The van der Waals surface area contributed by atoms with Crippen LogP contribution in [-0.4, -0.2) is 84.6 Å². The number of aliphatic hydroxyl groups is 2. The van der Waals surface area contributed by atoms with E-state index in [1.807, 2.05) is 41.5 Å². The van der Waals surface area contributed by atoms with E-state index in [0.717, 1.165) is 12.8 Å². The van der Waals surface area contributed by atoms with E-state index >= 15 is 0 Å². The largest absolute Gasteiger partial charge is 0.390 e. The molecule has 3 aliphatic rings. The predicted molar refractivity (Wildman–Crippen MR) is 179 cm³/mol. The maximum absolute atomic E-state index is 14.6. The standard InChI is InChI=1S/C37H56N4O7/c1-8-9-23(32(45)30(44)16-22-10-11-22)17-29(43)31-24-12-13-37(7,48)26(24)20-41(31)35(47)33(36(4,5)6)40-34(46)25(21(2)3)18-28(42)27-19-38-14-15-39-27/h14-15,19,21-26,31-33,45,48H,8-13,16-18,20H2,1-7H3,(H,40,46)/t23?,24-,25+,26?,31?,32?,33+,37+/m0/s1. The van der Waals surface area contributed by atoms with Crippen molar-refractivity contribution in [3.63, 3.8) is 0 Å². The minimum atomic E-state index is -1.23. The number of nitrogens with zero attached hydrogens (tertiary/aromatic N) is 3. The lowest BCUT2D eigenvalue weighted by Crippen LogP contribution is -2.58. The summed E-state index contributed by atoms with van der Waals surface area (Å²) < 4.78 is 0. The summed E-state index contributed by atoms with van der Waals surface area (Å²) in [4.78, 5) is 78.2. The molecule has 1 aromatic heterocycles. The van der Waals surface area contributed by atoms with Gasteiger partial charge in [0.1, 0.15) is 17.8 Å². The highest BCUT2D eigenvalue weighted by atomic mass is 16.3.